The highest BCUT2D eigenvalue weighted by Gasteiger charge is 2.14. The highest BCUT2D eigenvalue weighted by molar-refractivity contribution is 6.30. The Morgan fingerprint density at radius 1 is 1.47 bits per heavy atom. The van der Waals surface area contributed by atoms with Crippen LogP contribution in [0, 0.1) is 0 Å². The predicted molar refractivity (Wildman–Crippen MR) is 69.9 cm³/mol. The number of amides is 1. The molecule has 0 aromatic heterocycles. The van der Waals surface area contributed by atoms with Crippen LogP contribution in [0.2, 0.25) is 5.02 Å². The Balaban J connectivity index is 2.48. The fourth-order valence-corrected chi connectivity index (χ4v) is 1.44. The molecule has 1 rings (SSSR count). The third-order valence-corrected chi connectivity index (χ3v) is 2.43. The number of hydrogen-bond donors (Lipinski definition) is 1. The summed E-state index contributed by atoms with van der Waals surface area (Å²) in [6.07, 6.45) is -0.580. The van der Waals surface area contributed by atoms with Crippen LogP contribution in [0.1, 0.15) is 13.8 Å². The smallest absolute Gasteiger partial charge is 0.260 e. The Kier molecular flexibility index (Phi) is 5.59. The van der Waals surface area contributed by atoms with Gasteiger partial charge in [-0.15, -0.1) is 11.6 Å². The third-order valence-electron chi connectivity index (χ3n) is 2.04. The number of carbonyl (C=O) groups is 1. The van der Waals surface area contributed by atoms with E-state index in [1.54, 1.807) is 31.2 Å². The largest absolute Gasteiger partial charge is 0.481 e. The number of ether oxygens (including phenoxy) is 1. The second kappa shape index (κ2) is 6.72. The molecule has 2 unspecified atom stereocenters. The zero-order valence-electron chi connectivity index (χ0n) is 9.74. The van der Waals surface area contributed by atoms with E-state index in [0.717, 1.165) is 0 Å². The normalized spacial score (nSPS) is 13.9. The van der Waals surface area contributed by atoms with Crippen molar-refractivity contribution < 1.29 is 9.53 Å². The topological polar surface area (TPSA) is 38.3 Å². The third kappa shape index (κ3) is 5.29. The molecule has 0 heterocycles. The Bertz CT molecular complexity index is 383. The summed E-state index contributed by atoms with van der Waals surface area (Å²) in [5.41, 5.74) is 0. The van der Waals surface area contributed by atoms with Crippen molar-refractivity contribution in [3.8, 4) is 5.75 Å². The second-order valence-electron chi connectivity index (χ2n) is 3.74. The van der Waals surface area contributed by atoms with E-state index >= 15 is 0 Å². The van der Waals surface area contributed by atoms with Crippen LogP contribution < -0.4 is 10.1 Å². The summed E-state index contributed by atoms with van der Waals surface area (Å²) >= 11 is 11.5. The van der Waals surface area contributed by atoms with Gasteiger partial charge in [-0.2, -0.15) is 0 Å². The van der Waals surface area contributed by atoms with Gasteiger partial charge in [-0.1, -0.05) is 17.7 Å². The van der Waals surface area contributed by atoms with Crippen molar-refractivity contribution in [1.82, 2.24) is 5.32 Å². The number of carbonyl (C=O) groups excluding carboxylic acids is 1. The fourth-order valence-electron chi connectivity index (χ4n) is 1.18. The minimum Gasteiger partial charge on any atom is -0.481 e. The van der Waals surface area contributed by atoms with E-state index in [-0.39, 0.29) is 11.3 Å². The van der Waals surface area contributed by atoms with Gasteiger partial charge >= 0.3 is 0 Å². The molecule has 0 radical (unpaired) electrons. The van der Waals surface area contributed by atoms with Gasteiger partial charge in [0.1, 0.15) is 5.75 Å². The first-order valence-corrected chi connectivity index (χ1v) is 6.14. The molecule has 0 bridgehead atoms. The highest BCUT2D eigenvalue weighted by atomic mass is 35.5. The number of rotatable bonds is 5. The van der Waals surface area contributed by atoms with Gasteiger partial charge in [-0.3, -0.25) is 4.79 Å². The van der Waals surface area contributed by atoms with Crippen LogP contribution in [0.15, 0.2) is 24.3 Å². The fraction of sp³-hybridized carbons (Fsp3) is 0.417. The highest BCUT2D eigenvalue weighted by Crippen LogP contribution is 2.18. The van der Waals surface area contributed by atoms with E-state index in [1.165, 1.54) is 0 Å². The average molecular weight is 276 g/mol. The van der Waals surface area contributed by atoms with Gasteiger partial charge in [0.2, 0.25) is 0 Å². The van der Waals surface area contributed by atoms with Gasteiger partial charge in [0.25, 0.3) is 5.91 Å². The Morgan fingerprint density at radius 3 is 2.76 bits per heavy atom. The maximum atomic E-state index is 11.6. The van der Waals surface area contributed by atoms with Crippen molar-refractivity contribution in [2.24, 2.45) is 0 Å². The first-order valence-electron chi connectivity index (χ1n) is 5.33. The molecule has 1 aromatic carbocycles. The van der Waals surface area contributed by atoms with E-state index in [0.29, 0.717) is 17.3 Å². The molecule has 0 saturated heterocycles. The zero-order chi connectivity index (χ0) is 12.8. The quantitative estimate of drug-likeness (QED) is 0.840. The molecule has 0 aliphatic rings. The summed E-state index contributed by atoms with van der Waals surface area (Å²) in [6.45, 7) is 3.91. The molecule has 17 heavy (non-hydrogen) atoms. The molecule has 5 heteroatoms. The van der Waals surface area contributed by atoms with Crippen molar-refractivity contribution >= 4 is 29.1 Å². The molecule has 1 N–H and O–H groups in total. The SMILES string of the molecule is CC(Cl)CNC(=O)C(C)Oc1cccc(Cl)c1. The Morgan fingerprint density at radius 2 is 2.18 bits per heavy atom. The zero-order valence-corrected chi connectivity index (χ0v) is 11.3. The first-order chi connectivity index (χ1) is 7.99. The van der Waals surface area contributed by atoms with Crippen LogP contribution in [0.3, 0.4) is 0 Å². The molecule has 3 nitrogen and oxygen atoms in total. The van der Waals surface area contributed by atoms with Crippen LogP contribution in [0.25, 0.3) is 0 Å². The number of benzene rings is 1. The Hall–Kier alpha value is -0.930. The first kappa shape index (κ1) is 14.1. The summed E-state index contributed by atoms with van der Waals surface area (Å²) in [6, 6.07) is 6.92. The van der Waals surface area contributed by atoms with Crippen molar-refractivity contribution in [2.75, 3.05) is 6.54 Å². The molecular weight excluding hydrogens is 261 g/mol. The number of nitrogens with one attached hydrogen (secondary N) is 1. The van der Waals surface area contributed by atoms with Gasteiger partial charge in [0.15, 0.2) is 6.10 Å². The van der Waals surface area contributed by atoms with E-state index in [9.17, 15) is 4.79 Å². The van der Waals surface area contributed by atoms with Crippen LogP contribution >= 0.6 is 23.2 Å². The molecule has 0 aliphatic carbocycles. The van der Waals surface area contributed by atoms with E-state index in [2.05, 4.69) is 5.32 Å². The molecule has 0 spiro atoms. The van der Waals surface area contributed by atoms with Crippen molar-refractivity contribution in [3.05, 3.63) is 29.3 Å². The van der Waals surface area contributed by atoms with Gasteiger partial charge < -0.3 is 10.1 Å². The molecule has 1 aromatic rings. The van der Waals surface area contributed by atoms with Crippen LogP contribution in [-0.4, -0.2) is 23.9 Å². The van der Waals surface area contributed by atoms with E-state index < -0.39 is 6.10 Å². The Labute approximate surface area is 111 Å². The molecule has 2 atom stereocenters. The van der Waals surface area contributed by atoms with E-state index in [4.69, 9.17) is 27.9 Å². The van der Waals surface area contributed by atoms with Crippen molar-refractivity contribution in [3.63, 3.8) is 0 Å². The predicted octanol–water partition coefficient (Wildman–Crippen LogP) is 2.85. The summed E-state index contributed by atoms with van der Waals surface area (Å²) in [4.78, 5) is 11.6. The summed E-state index contributed by atoms with van der Waals surface area (Å²) in [5.74, 6) is 0.372. The molecule has 1 amide bonds. The van der Waals surface area contributed by atoms with Crippen molar-refractivity contribution in [1.29, 1.82) is 0 Å². The lowest BCUT2D eigenvalue weighted by Crippen LogP contribution is -2.38. The van der Waals surface area contributed by atoms with Gasteiger partial charge in [0, 0.05) is 16.9 Å². The molecule has 0 aliphatic heterocycles. The summed E-state index contributed by atoms with van der Waals surface area (Å²) < 4.78 is 5.45. The lowest BCUT2D eigenvalue weighted by atomic mass is 10.3. The molecule has 0 saturated carbocycles. The summed E-state index contributed by atoms with van der Waals surface area (Å²) in [5, 5.41) is 3.16. The lowest BCUT2D eigenvalue weighted by Gasteiger charge is -2.15. The van der Waals surface area contributed by atoms with Crippen molar-refractivity contribution in [2.45, 2.75) is 25.3 Å². The van der Waals surface area contributed by atoms with Gasteiger partial charge in [-0.05, 0) is 32.0 Å². The molecule has 94 valence electrons. The second-order valence-corrected chi connectivity index (χ2v) is 4.92. The summed E-state index contributed by atoms with van der Waals surface area (Å²) in [7, 11) is 0. The standard InChI is InChI=1S/C12H15Cl2NO2/c1-8(13)7-15-12(16)9(2)17-11-5-3-4-10(14)6-11/h3-6,8-9H,7H2,1-2H3,(H,15,16). The monoisotopic (exact) mass is 275 g/mol. The lowest BCUT2D eigenvalue weighted by molar-refractivity contribution is -0.127. The van der Waals surface area contributed by atoms with Crippen LogP contribution in [-0.2, 0) is 4.79 Å². The van der Waals surface area contributed by atoms with Gasteiger partial charge in [0.05, 0.1) is 0 Å². The minimum absolute atomic E-state index is 0.0997. The van der Waals surface area contributed by atoms with Gasteiger partial charge in [-0.25, -0.2) is 0 Å². The molecular formula is C12H15Cl2NO2. The van der Waals surface area contributed by atoms with E-state index in [1.807, 2.05) is 6.92 Å². The average Bonchev–Trinajstić information content (AvgIpc) is 2.25. The number of halogens is 2. The van der Waals surface area contributed by atoms with Crippen LogP contribution in [0.4, 0.5) is 0 Å². The van der Waals surface area contributed by atoms with Crippen LogP contribution in [0.5, 0.6) is 5.75 Å². The maximum Gasteiger partial charge on any atom is 0.260 e. The minimum atomic E-state index is -0.580. The number of hydrogen-bond acceptors (Lipinski definition) is 2. The maximum absolute atomic E-state index is 11.6. The number of alkyl halides is 1. The molecule has 0 fully saturated rings.